The summed E-state index contributed by atoms with van der Waals surface area (Å²) in [6.45, 7) is 6.10. The molecule has 2 fully saturated rings. The molecular formula is C18H29N3O2. The molecule has 0 spiro atoms. The van der Waals surface area contributed by atoms with Crippen molar-refractivity contribution in [3.8, 4) is 0 Å². The number of β-amino-alcohol motifs (C(OH)–C–C–N with tert-alkyl or cyclic N) is 1. The molecule has 128 valence electrons. The Morgan fingerprint density at radius 3 is 2.91 bits per heavy atom. The van der Waals surface area contributed by atoms with E-state index in [0.29, 0.717) is 12.5 Å². The van der Waals surface area contributed by atoms with Crippen LogP contribution >= 0.6 is 0 Å². The highest BCUT2D eigenvalue weighted by Gasteiger charge is 2.31. The quantitative estimate of drug-likeness (QED) is 0.856. The highest BCUT2D eigenvalue weighted by atomic mass is 16.3. The molecule has 1 aromatic rings. The van der Waals surface area contributed by atoms with Gasteiger partial charge in [0.15, 0.2) is 0 Å². The van der Waals surface area contributed by atoms with Gasteiger partial charge in [0.2, 0.25) is 0 Å². The van der Waals surface area contributed by atoms with Crippen LogP contribution in [0.2, 0.25) is 0 Å². The van der Waals surface area contributed by atoms with E-state index in [-0.39, 0.29) is 18.8 Å². The summed E-state index contributed by atoms with van der Waals surface area (Å²) in [6, 6.07) is 4.50. The molecule has 3 heterocycles. The first kappa shape index (κ1) is 16.7. The van der Waals surface area contributed by atoms with E-state index in [1.165, 1.54) is 5.56 Å². The second kappa shape index (κ2) is 7.60. The summed E-state index contributed by atoms with van der Waals surface area (Å²) < 4.78 is 0. The molecular weight excluding hydrogens is 290 g/mol. The average Bonchev–Trinajstić information content (AvgIpc) is 3.04. The highest BCUT2D eigenvalue weighted by molar-refractivity contribution is 5.42. The lowest BCUT2D eigenvalue weighted by Crippen LogP contribution is -2.49. The third-order valence-electron chi connectivity index (χ3n) is 5.33. The largest absolute Gasteiger partial charge is 0.395 e. The fourth-order valence-electron chi connectivity index (χ4n) is 3.88. The second-order valence-electron chi connectivity index (χ2n) is 7.00. The van der Waals surface area contributed by atoms with Crippen molar-refractivity contribution >= 4 is 5.82 Å². The van der Waals surface area contributed by atoms with Gasteiger partial charge in [-0.15, -0.1) is 0 Å². The van der Waals surface area contributed by atoms with E-state index in [1.54, 1.807) is 0 Å². The molecule has 3 rings (SSSR count). The number of pyridine rings is 1. The first-order valence-electron chi connectivity index (χ1n) is 8.92. The van der Waals surface area contributed by atoms with Gasteiger partial charge in [-0.2, -0.15) is 0 Å². The molecule has 5 heteroatoms. The topological polar surface area (TPSA) is 59.8 Å². The van der Waals surface area contributed by atoms with Gasteiger partial charge in [0, 0.05) is 38.4 Å². The molecule has 0 saturated carbocycles. The number of hydrogen-bond donors (Lipinski definition) is 2. The molecule has 0 unspecified atom stereocenters. The van der Waals surface area contributed by atoms with E-state index in [0.717, 1.165) is 51.1 Å². The molecule has 5 nitrogen and oxygen atoms in total. The maximum atomic E-state index is 9.91. The van der Waals surface area contributed by atoms with Crippen molar-refractivity contribution in [2.45, 2.75) is 44.8 Å². The molecule has 0 amide bonds. The van der Waals surface area contributed by atoms with Crippen molar-refractivity contribution < 1.29 is 10.2 Å². The van der Waals surface area contributed by atoms with E-state index in [9.17, 15) is 10.2 Å². The normalized spacial score (nSPS) is 29.2. The minimum absolute atomic E-state index is 0.198. The zero-order chi connectivity index (χ0) is 16.2. The minimum Gasteiger partial charge on any atom is -0.395 e. The van der Waals surface area contributed by atoms with Crippen molar-refractivity contribution in [3.05, 3.63) is 23.9 Å². The van der Waals surface area contributed by atoms with Gasteiger partial charge in [-0.1, -0.05) is 6.92 Å². The summed E-state index contributed by atoms with van der Waals surface area (Å²) in [6.07, 6.45) is 5.57. The Balaban J connectivity index is 1.58. The third-order valence-corrected chi connectivity index (χ3v) is 5.33. The molecule has 23 heavy (non-hydrogen) atoms. The van der Waals surface area contributed by atoms with Gasteiger partial charge in [0.1, 0.15) is 5.82 Å². The predicted molar refractivity (Wildman–Crippen MR) is 91.6 cm³/mol. The third kappa shape index (κ3) is 4.03. The van der Waals surface area contributed by atoms with Gasteiger partial charge in [-0.25, -0.2) is 4.98 Å². The first-order valence-corrected chi connectivity index (χ1v) is 8.92. The van der Waals surface area contributed by atoms with Crippen molar-refractivity contribution in [1.82, 2.24) is 9.88 Å². The lowest BCUT2D eigenvalue weighted by atomic mass is 9.98. The summed E-state index contributed by atoms with van der Waals surface area (Å²) >= 11 is 0. The number of aliphatic hydroxyl groups excluding tert-OH is 2. The Labute approximate surface area is 138 Å². The number of aryl methyl sites for hydroxylation is 1. The zero-order valence-corrected chi connectivity index (χ0v) is 14.1. The molecule has 2 aliphatic heterocycles. The van der Waals surface area contributed by atoms with Crippen molar-refractivity contribution in [3.63, 3.8) is 0 Å². The van der Waals surface area contributed by atoms with Crippen LogP contribution in [-0.2, 0) is 6.42 Å². The van der Waals surface area contributed by atoms with Crippen LogP contribution in [0.15, 0.2) is 18.3 Å². The molecule has 0 radical (unpaired) electrons. The van der Waals surface area contributed by atoms with Crippen LogP contribution in [0, 0.1) is 5.92 Å². The number of piperidine rings is 1. The molecule has 0 aliphatic carbocycles. The van der Waals surface area contributed by atoms with E-state index < -0.39 is 0 Å². The molecule has 2 aliphatic rings. The van der Waals surface area contributed by atoms with Gasteiger partial charge in [0.25, 0.3) is 0 Å². The standard InChI is InChI=1S/C18H29N3O2/c1-2-14-5-7-19-18(9-14)20-8-6-15(10-20)11-21-12-17(23)4-3-16(21)13-22/h5,7,9,15-17,22-23H,2-4,6,8,10-13H2,1H3/t15-,16+,17+/m0/s1. The van der Waals surface area contributed by atoms with E-state index in [2.05, 4.69) is 33.8 Å². The van der Waals surface area contributed by atoms with Crippen LogP contribution in [-0.4, -0.2) is 65.0 Å². The Morgan fingerprint density at radius 2 is 2.13 bits per heavy atom. The van der Waals surface area contributed by atoms with Gasteiger partial charge in [0.05, 0.1) is 12.7 Å². The molecule has 0 aromatic carbocycles. The van der Waals surface area contributed by atoms with Crippen LogP contribution in [0.3, 0.4) is 0 Å². The Morgan fingerprint density at radius 1 is 1.26 bits per heavy atom. The predicted octanol–water partition coefficient (Wildman–Crippen LogP) is 1.29. The van der Waals surface area contributed by atoms with E-state index in [4.69, 9.17) is 0 Å². The SMILES string of the molecule is CCc1ccnc(N2CC[C@H](CN3C[C@H](O)CC[C@@H]3CO)C2)c1. The van der Waals surface area contributed by atoms with E-state index in [1.807, 2.05) is 6.20 Å². The van der Waals surface area contributed by atoms with Gasteiger partial charge in [-0.3, -0.25) is 4.90 Å². The minimum atomic E-state index is -0.238. The molecule has 1 aromatic heterocycles. The number of rotatable bonds is 5. The highest BCUT2D eigenvalue weighted by Crippen LogP contribution is 2.26. The lowest BCUT2D eigenvalue weighted by molar-refractivity contribution is 0.00726. The maximum Gasteiger partial charge on any atom is 0.128 e. The summed E-state index contributed by atoms with van der Waals surface area (Å²) in [5, 5.41) is 19.5. The maximum absolute atomic E-state index is 9.91. The van der Waals surface area contributed by atoms with Crippen molar-refractivity contribution in [1.29, 1.82) is 0 Å². The molecule has 3 atom stereocenters. The molecule has 2 N–H and O–H groups in total. The molecule has 2 saturated heterocycles. The monoisotopic (exact) mass is 319 g/mol. The fraction of sp³-hybridized carbons (Fsp3) is 0.722. The summed E-state index contributed by atoms with van der Waals surface area (Å²) in [5.41, 5.74) is 1.33. The lowest BCUT2D eigenvalue weighted by Gasteiger charge is -2.38. The van der Waals surface area contributed by atoms with Gasteiger partial charge in [-0.05, 0) is 49.3 Å². The van der Waals surface area contributed by atoms with Crippen LogP contribution in [0.5, 0.6) is 0 Å². The van der Waals surface area contributed by atoms with E-state index >= 15 is 0 Å². The fourth-order valence-corrected chi connectivity index (χ4v) is 3.88. The van der Waals surface area contributed by atoms with Crippen LogP contribution in [0.25, 0.3) is 0 Å². The van der Waals surface area contributed by atoms with Crippen LogP contribution in [0.1, 0.15) is 31.7 Å². The number of anilines is 1. The number of likely N-dealkylation sites (tertiary alicyclic amines) is 1. The Hall–Kier alpha value is -1.17. The smallest absolute Gasteiger partial charge is 0.128 e. The van der Waals surface area contributed by atoms with Crippen LogP contribution in [0.4, 0.5) is 5.82 Å². The average molecular weight is 319 g/mol. The van der Waals surface area contributed by atoms with Crippen LogP contribution < -0.4 is 4.90 Å². The number of aliphatic hydroxyl groups is 2. The number of nitrogens with zero attached hydrogens (tertiary/aromatic N) is 3. The van der Waals surface area contributed by atoms with Crippen molar-refractivity contribution in [2.75, 3.05) is 37.7 Å². The summed E-state index contributed by atoms with van der Waals surface area (Å²) in [5.74, 6) is 1.67. The van der Waals surface area contributed by atoms with Crippen molar-refractivity contribution in [2.24, 2.45) is 5.92 Å². The second-order valence-corrected chi connectivity index (χ2v) is 7.00. The Kier molecular flexibility index (Phi) is 5.51. The number of hydrogen-bond acceptors (Lipinski definition) is 5. The Bertz CT molecular complexity index is 511. The summed E-state index contributed by atoms with van der Waals surface area (Å²) in [4.78, 5) is 9.19. The zero-order valence-electron chi connectivity index (χ0n) is 14.1. The van der Waals surface area contributed by atoms with Gasteiger partial charge >= 0.3 is 0 Å². The summed E-state index contributed by atoms with van der Waals surface area (Å²) in [7, 11) is 0. The number of aromatic nitrogens is 1. The van der Waals surface area contributed by atoms with Gasteiger partial charge < -0.3 is 15.1 Å². The molecule has 0 bridgehead atoms. The first-order chi connectivity index (χ1) is 11.2.